The second kappa shape index (κ2) is 9.22. The third-order valence-corrected chi connectivity index (χ3v) is 5.56. The van der Waals surface area contributed by atoms with Gasteiger partial charge in [-0.1, -0.05) is 53.5 Å². The molecule has 0 fully saturated rings. The van der Waals surface area contributed by atoms with Crippen LogP contribution in [0.15, 0.2) is 65.1 Å². The number of carbonyl (C=O) groups is 2. The Morgan fingerprint density at radius 3 is 2.28 bits per heavy atom. The molecule has 0 aliphatic carbocycles. The number of nitrogens with zero attached hydrogens (tertiary/aromatic N) is 2. The Hall–Kier alpha value is -3.67. The molecule has 1 aliphatic heterocycles. The Labute approximate surface area is 193 Å². The van der Waals surface area contributed by atoms with Crippen molar-refractivity contribution in [2.75, 3.05) is 19.1 Å². The molecule has 0 bridgehead atoms. The topological polar surface area (TPSA) is 126 Å². The summed E-state index contributed by atoms with van der Waals surface area (Å²) in [4.78, 5) is 27.0. The highest BCUT2D eigenvalue weighted by Gasteiger charge is 2.44. The van der Waals surface area contributed by atoms with Gasteiger partial charge >= 0.3 is 11.9 Å². The van der Waals surface area contributed by atoms with Crippen molar-refractivity contribution in [3.8, 4) is 11.8 Å². The molecule has 0 spiro atoms. The number of benzene rings is 2. The van der Waals surface area contributed by atoms with Crippen molar-refractivity contribution in [3.63, 3.8) is 0 Å². The summed E-state index contributed by atoms with van der Waals surface area (Å²) in [6, 6.07) is 13.1. The van der Waals surface area contributed by atoms with Crippen LogP contribution in [0.3, 0.4) is 0 Å². The number of rotatable bonds is 4. The highest BCUT2D eigenvalue weighted by Crippen LogP contribution is 2.48. The second-order valence-corrected chi connectivity index (χ2v) is 7.35. The Kier molecular flexibility index (Phi) is 6.63. The maximum atomic E-state index is 13.0. The summed E-state index contributed by atoms with van der Waals surface area (Å²) in [7, 11) is 2.25. The van der Waals surface area contributed by atoms with Crippen molar-refractivity contribution in [2.45, 2.75) is 5.92 Å². The van der Waals surface area contributed by atoms with Gasteiger partial charge < -0.3 is 20.3 Å². The molecule has 1 aliphatic rings. The summed E-state index contributed by atoms with van der Waals surface area (Å²) >= 11 is 12.6. The van der Waals surface area contributed by atoms with E-state index in [-0.39, 0.29) is 44.1 Å². The van der Waals surface area contributed by atoms with E-state index in [1.807, 2.05) is 6.07 Å². The number of phenols is 1. The number of phenolic OH excluding ortho intramolecular Hbond substituents is 1. The number of aromatic hydroxyl groups is 1. The Morgan fingerprint density at radius 1 is 1.09 bits per heavy atom. The Bertz CT molecular complexity index is 1200. The standard InChI is InChI=1S/C22H17Cl2N3O5/c1-31-21(29)16-15(11-6-4-3-5-7-11)12(10-25)20(26)27(19(16)22(30)32-2)18-13(23)8-9-14(28)17(18)24/h3-9,15,28H,26H2,1-2H3. The summed E-state index contributed by atoms with van der Waals surface area (Å²) in [6.45, 7) is 0. The van der Waals surface area contributed by atoms with Crippen molar-refractivity contribution >= 4 is 40.8 Å². The molecule has 32 heavy (non-hydrogen) atoms. The number of hydrogen-bond acceptors (Lipinski definition) is 8. The molecule has 1 heterocycles. The molecular weight excluding hydrogens is 457 g/mol. The van der Waals surface area contributed by atoms with E-state index in [0.717, 1.165) is 19.1 Å². The predicted octanol–water partition coefficient (Wildman–Crippen LogP) is 3.60. The van der Waals surface area contributed by atoms with E-state index in [2.05, 4.69) is 0 Å². The first kappa shape index (κ1) is 23.0. The number of hydrogen-bond donors (Lipinski definition) is 2. The first-order valence-electron chi connectivity index (χ1n) is 9.11. The van der Waals surface area contributed by atoms with E-state index in [1.54, 1.807) is 30.3 Å². The van der Waals surface area contributed by atoms with Gasteiger partial charge in [0, 0.05) is 0 Å². The fraction of sp³-hybridized carbons (Fsp3) is 0.136. The van der Waals surface area contributed by atoms with Gasteiger partial charge in [0.15, 0.2) is 0 Å². The fourth-order valence-corrected chi connectivity index (χ4v) is 4.02. The lowest BCUT2D eigenvalue weighted by atomic mass is 9.81. The summed E-state index contributed by atoms with van der Waals surface area (Å²) in [5.74, 6) is -3.46. The predicted molar refractivity (Wildman–Crippen MR) is 118 cm³/mol. The minimum Gasteiger partial charge on any atom is -0.506 e. The molecule has 10 heteroatoms. The number of methoxy groups -OCH3 is 2. The van der Waals surface area contributed by atoms with E-state index >= 15 is 0 Å². The second-order valence-electron chi connectivity index (χ2n) is 6.56. The number of ether oxygens (including phenoxy) is 2. The monoisotopic (exact) mass is 473 g/mol. The summed E-state index contributed by atoms with van der Waals surface area (Å²) in [5.41, 5.74) is 6.16. The average Bonchev–Trinajstić information content (AvgIpc) is 2.81. The Morgan fingerprint density at radius 2 is 1.72 bits per heavy atom. The van der Waals surface area contributed by atoms with E-state index in [0.29, 0.717) is 5.56 Å². The normalized spacial score (nSPS) is 16.0. The molecule has 0 saturated heterocycles. The van der Waals surface area contributed by atoms with Crippen LogP contribution >= 0.6 is 23.2 Å². The molecule has 0 radical (unpaired) electrons. The first-order chi connectivity index (χ1) is 15.3. The Balaban J connectivity index is 2.49. The van der Waals surface area contributed by atoms with Gasteiger partial charge in [-0.15, -0.1) is 0 Å². The van der Waals surface area contributed by atoms with Crippen LogP contribution in [0.5, 0.6) is 5.75 Å². The number of nitrogens with two attached hydrogens (primary N) is 1. The van der Waals surface area contributed by atoms with Gasteiger partial charge in [0.1, 0.15) is 22.3 Å². The highest BCUT2D eigenvalue weighted by atomic mass is 35.5. The van der Waals surface area contributed by atoms with E-state index in [1.165, 1.54) is 12.1 Å². The number of esters is 2. The van der Waals surface area contributed by atoms with Crippen molar-refractivity contribution < 1.29 is 24.2 Å². The minimum absolute atomic E-state index is 0.00294. The van der Waals surface area contributed by atoms with Crippen LogP contribution < -0.4 is 10.6 Å². The van der Waals surface area contributed by atoms with Crippen LogP contribution in [0.25, 0.3) is 0 Å². The van der Waals surface area contributed by atoms with Crippen LogP contribution in [0, 0.1) is 11.3 Å². The largest absolute Gasteiger partial charge is 0.506 e. The van der Waals surface area contributed by atoms with Gasteiger partial charge in [0.2, 0.25) is 0 Å². The summed E-state index contributed by atoms with van der Waals surface area (Å²) in [5, 5.41) is 19.9. The lowest BCUT2D eigenvalue weighted by molar-refractivity contribution is -0.139. The fourth-order valence-electron chi connectivity index (χ4n) is 3.48. The third kappa shape index (κ3) is 3.73. The van der Waals surface area contributed by atoms with Gasteiger partial charge in [0.25, 0.3) is 0 Å². The van der Waals surface area contributed by atoms with Crippen LogP contribution in [0.2, 0.25) is 10.0 Å². The molecular formula is C22H17Cl2N3O5. The van der Waals surface area contributed by atoms with Crippen LogP contribution in [-0.2, 0) is 19.1 Å². The molecule has 3 rings (SSSR count). The molecule has 0 amide bonds. The van der Waals surface area contributed by atoms with Gasteiger partial charge in [0.05, 0.1) is 48.1 Å². The average molecular weight is 474 g/mol. The lowest BCUT2D eigenvalue weighted by Gasteiger charge is -2.36. The molecule has 0 saturated carbocycles. The van der Waals surface area contributed by atoms with Crippen molar-refractivity contribution in [3.05, 3.63) is 80.7 Å². The molecule has 8 nitrogen and oxygen atoms in total. The zero-order valence-electron chi connectivity index (χ0n) is 16.9. The van der Waals surface area contributed by atoms with Crippen LogP contribution in [-0.4, -0.2) is 31.3 Å². The number of nitriles is 1. The zero-order chi connectivity index (χ0) is 23.6. The van der Waals surface area contributed by atoms with E-state index in [4.69, 9.17) is 38.4 Å². The first-order valence-corrected chi connectivity index (χ1v) is 9.86. The SMILES string of the molecule is COC(=O)C1=C(C(=O)OC)N(c2c(Cl)ccc(O)c2Cl)C(N)=C(C#N)C1c1ccccc1. The number of halogens is 2. The molecule has 2 aromatic rings. The molecule has 1 unspecified atom stereocenters. The number of anilines is 1. The maximum Gasteiger partial charge on any atom is 0.355 e. The molecule has 0 aromatic heterocycles. The van der Waals surface area contributed by atoms with Crippen LogP contribution in [0.4, 0.5) is 5.69 Å². The van der Waals surface area contributed by atoms with Gasteiger partial charge in [-0.05, 0) is 17.7 Å². The van der Waals surface area contributed by atoms with Crippen molar-refractivity contribution in [1.82, 2.24) is 0 Å². The third-order valence-electron chi connectivity index (χ3n) is 4.88. The number of carbonyl (C=O) groups excluding carboxylic acids is 2. The number of allylic oxidation sites excluding steroid dienone is 1. The van der Waals surface area contributed by atoms with Crippen molar-refractivity contribution in [2.24, 2.45) is 5.73 Å². The van der Waals surface area contributed by atoms with Gasteiger partial charge in [-0.3, -0.25) is 4.90 Å². The molecule has 3 N–H and O–H groups in total. The highest BCUT2D eigenvalue weighted by molar-refractivity contribution is 6.40. The summed E-state index contributed by atoms with van der Waals surface area (Å²) < 4.78 is 9.87. The minimum atomic E-state index is -1.03. The smallest absolute Gasteiger partial charge is 0.355 e. The van der Waals surface area contributed by atoms with Gasteiger partial charge in [-0.2, -0.15) is 5.26 Å². The van der Waals surface area contributed by atoms with Crippen molar-refractivity contribution in [1.29, 1.82) is 5.26 Å². The van der Waals surface area contributed by atoms with Crippen LogP contribution in [0.1, 0.15) is 11.5 Å². The van der Waals surface area contributed by atoms with Gasteiger partial charge in [-0.25, -0.2) is 9.59 Å². The molecule has 164 valence electrons. The zero-order valence-corrected chi connectivity index (χ0v) is 18.4. The molecule has 1 atom stereocenters. The summed E-state index contributed by atoms with van der Waals surface area (Å²) in [6.07, 6.45) is 0. The lowest BCUT2D eigenvalue weighted by Crippen LogP contribution is -2.41. The van der Waals surface area contributed by atoms with E-state index < -0.39 is 17.9 Å². The quantitative estimate of drug-likeness (QED) is 0.644. The van der Waals surface area contributed by atoms with E-state index in [9.17, 15) is 20.0 Å². The maximum absolute atomic E-state index is 13.0. The molecule has 2 aromatic carbocycles.